The summed E-state index contributed by atoms with van der Waals surface area (Å²) in [6.07, 6.45) is -4.39. The van der Waals surface area contributed by atoms with Crippen LogP contribution >= 0.6 is 0 Å². The number of nitrogens with one attached hydrogen (secondary N) is 1. The summed E-state index contributed by atoms with van der Waals surface area (Å²) in [6.45, 7) is 1.62. The number of hydrogen-bond donors (Lipinski definition) is 2. The Balaban J connectivity index is 2.25. The lowest BCUT2D eigenvalue weighted by atomic mass is 10.0. The molecule has 0 aliphatic rings. The van der Waals surface area contributed by atoms with Crippen molar-refractivity contribution in [3.05, 3.63) is 65.2 Å². The highest BCUT2D eigenvalue weighted by Gasteiger charge is 2.30. The van der Waals surface area contributed by atoms with Gasteiger partial charge in [-0.05, 0) is 42.3 Å². The highest BCUT2D eigenvalue weighted by atomic mass is 19.4. The zero-order valence-corrected chi connectivity index (χ0v) is 11.5. The van der Waals surface area contributed by atoms with Crippen LogP contribution in [0.25, 0.3) is 0 Å². The molecule has 0 heterocycles. The molecule has 0 aliphatic heterocycles. The molecule has 1 unspecified atom stereocenters. The van der Waals surface area contributed by atoms with Crippen LogP contribution in [0.15, 0.2) is 48.5 Å². The fraction of sp³-hybridized carbons (Fsp3) is 0.250. The van der Waals surface area contributed by atoms with Crippen LogP contribution in [0.2, 0.25) is 0 Å². The molecular formula is C16H16F3NO. The van der Waals surface area contributed by atoms with Crippen LogP contribution in [-0.2, 0) is 6.18 Å². The maximum Gasteiger partial charge on any atom is 0.416 e. The molecule has 0 amide bonds. The third-order valence-corrected chi connectivity index (χ3v) is 3.16. The van der Waals surface area contributed by atoms with Gasteiger partial charge in [-0.25, -0.2) is 0 Å². The van der Waals surface area contributed by atoms with E-state index >= 15 is 0 Å². The summed E-state index contributed by atoms with van der Waals surface area (Å²) in [5, 5.41) is 12.5. The van der Waals surface area contributed by atoms with Crippen molar-refractivity contribution in [1.82, 2.24) is 0 Å². The standard InChI is InChI=1S/C16H16F3NO/c1-11-4-2-7-14(8-11)20-15(10-21)12-5-3-6-13(9-12)16(17,18)19/h2-9,15,20-21H,10H2,1H3. The molecule has 2 N–H and O–H groups in total. The van der Waals surface area contributed by atoms with Gasteiger partial charge in [-0.2, -0.15) is 13.2 Å². The van der Waals surface area contributed by atoms with Crippen molar-refractivity contribution < 1.29 is 18.3 Å². The van der Waals surface area contributed by atoms with Gasteiger partial charge in [-0.3, -0.25) is 0 Å². The molecule has 1 atom stereocenters. The SMILES string of the molecule is Cc1cccc(NC(CO)c2cccc(C(F)(F)F)c2)c1. The van der Waals surface area contributed by atoms with E-state index in [1.54, 1.807) is 6.07 Å². The quantitative estimate of drug-likeness (QED) is 0.887. The monoisotopic (exact) mass is 295 g/mol. The summed E-state index contributed by atoms with van der Waals surface area (Å²) in [4.78, 5) is 0. The molecule has 0 saturated heterocycles. The molecule has 0 radical (unpaired) electrons. The molecule has 2 rings (SSSR count). The van der Waals surface area contributed by atoms with Crippen molar-refractivity contribution >= 4 is 5.69 Å². The van der Waals surface area contributed by atoms with Gasteiger partial charge in [0, 0.05) is 5.69 Å². The van der Waals surface area contributed by atoms with E-state index in [-0.39, 0.29) is 6.61 Å². The Labute approximate surface area is 121 Å². The molecule has 2 nitrogen and oxygen atoms in total. The van der Waals surface area contributed by atoms with E-state index in [4.69, 9.17) is 0 Å². The zero-order valence-electron chi connectivity index (χ0n) is 11.5. The first-order valence-corrected chi connectivity index (χ1v) is 6.51. The maximum absolute atomic E-state index is 12.7. The summed E-state index contributed by atoms with van der Waals surface area (Å²) in [7, 11) is 0. The number of aliphatic hydroxyl groups is 1. The minimum Gasteiger partial charge on any atom is -0.394 e. The van der Waals surface area contributed by atoms with Crippen molar-refractivity contribution in [2.24, 2.45) is 0 Å². The molecule has 0 bridgehead atoms. The summed E-state index contributed by atoms with van der Waals surface area (Å²) in [6, 6.07) is 11.8. The van der Waals surface area contributed by atoms with Crippen molar-refractivity contribution in [3.8, 4) is 0 Å². The minimum absolute atomic E-state index is 0.296. The average molecular weight is 295 g/mol. The molecule has 2 aromatic carbocycles. The van der Waals surface area contributed by atoms with Crippen LogP contribution in [-0.4, -0.2) is 11.7 Å². The van der Waals surface area contributed by atoms with E-state index in [2.05, 4.69) is 5.32 Å². The van der Waals surface area contributed by atoms with Gasteiger partial charge in [-0.15, -0.1) is 0 Å². The lowest BCUT2D eigenvalue weighted by molar-refractivity contribution is -0.137. The van der Waals surface area contributed by atoms with Crippen LogP contribution in [0.5, 0.6) is 0 Å². The Morgan fingerprint density at radius 1 is 1.10 bits per heavy atom. The predicted molar refractivity (Wildman–Crippen MR) is 76.1 cm³/mol. The lowest BCUT2D eigenvalue weighted by Gasteiger charge is -2.19. The molecular weight excluding hydrogens is 279 g/mol. The summed E-state index contributed by atoms with van der Waals surface area (Å²) in [5.41, 5.74) is 1.46. The Morgan fingerprint density at radius 3 is 2.43 bits per heavy atom. The number of rotatable bonds is 4. The third-order valence-electron chi connectivity index (χ3n) is 3.16. The fourth-order valence-electron chi connectivity index (χ4n) is 2.10. The third kappa shape index (κ3) is 3.98. The first-order valence-electron chi connectivity index (χ1n) is 6.51. The van der Waals surface area contributed by atoms with Crippen molar-refractivity contribution in [3.63, 3.8) is 0 Å². The van der Waals surface area contributed by atoms with Gasteiger partial charge in [0.05, 0.1) is 18.2 Å². The van der Waals surface area contributed by atoms with E-state index in [0.29, 0.717) is 5.56 Å². The molecule has 21 heavy (non-hydrogen) atoms. The lowest BCUT2D eigenvalue weighted by Crippen LogP contribution is -2.16. The number of aliphatic hydroxyl groups excluding tert-OH is 1. The molecule has 2 aromatic rings. The Kier molecular flexibility index (Phi) is 4.53. The molecule has 0 saturated carbocycles. The van der Waals surface area contributed by atoms with Crippen LogP contribution in [0.4, 0.5) is 18.9 Å². The molecule has 112 valence electrons. The molecule has 0 spiro atoms. The number of aryl methyl sites for hydroxylation is 1. The molecule has 0 fully saturated rings. The fourth-order valence-corrected chi connectivity index (χ4v) is 2.10. The number of halogens is 3. The number of alkyl halides is 3. The van der Waals surface area contributed by atoms with Gasteiger partial charge < -0.3 is 10.4 Å². The van der Waals surface area contributed by atoms with E-state index in [0.717, 1.165) is 23.4 Å². The largest absolute Gasteiger partial charge is 0.416 e. The summed E-state index contributed by atoms with van der Waals surface area (Å²) in [5.74, 6) is 0. The Bertz CT molecular complexity index is 610. The van der Waals surface area contributed by atoms with Gasteiger partial charge in [0.25, 0.3) is 0 Å². The van der Waals surface area contributed by atoms with Gasteiger partial charge in [0.15, 0.2) is 0 Å². The van der Waals surface area contributed by atoms with E-state index < -0.39 is 17.8 Å². The molecule has 5 heteroatoms. The highest BCUT2D eigenvalue weighted by molar-refractivity contribution is 5.48. The first-order chi connectivity index (χ1) is 9.90. The normalized spacial score (nSPS) is 13.0. The molecule has 0 aromatic heterocycles. The summed E-state index contributed by atoms with van der Waals surface area (Å²) < 4.78 is 38.2. The van der Waals surface area contributed by atoms with Crippen LogP contribution in [0, 0.1) is 6.92 Å². The van der Waals surface area contributed by atoms with Crippen molar-refractivity contribution in [2.45, 2.75) is 19.1 Å². The van der Waals surface area contributed by atoms with Crippen molar-refractivity contribution in [1.29, 1.82) is 0 Å². The summed E-state index contributed by atoms with van der Waals surface area (Å²) >= 11 is 0. The maximum atomic E-state index is 12.7. The van der Waals surface area contributed by atoms with E-state index in [1.165, 1.54) is 6.07 Å². The van der Waals surface area contributed by atoms with Gasteiger partial charge in [-0.1, -0.05) is 24.3 Å². The van der Waals surface area contributed by atoms with Crippen LogP contribution < -0.4 is 5.32 Å². The molecule has 0 aliphatic carbocycles. The van der Waals surface area contributed by atoms with Gasteiger partial charge in [0.2, 0.25) is 0 Å². The predicted octanol–water partition coefficient (Wildman–Crippen LogP) is 4.16. The smallest absolute Gasteiger partial charge is 0.394 e. The second-order valence-corrected chi connectivity index (χ2v) is 4.87. The van der Waals surface area contributed by atoms with E-state index in [1.807, 2.05) is 31.2 Å². The van der Waals surface area contributed by atoms with Gasteiger partial charge in [0.1, 0.15) is 0 Å². The zero-order chi connectivity index (χ0) is 15.5. The van der Waals surface area contributed by atoms with Crippen LogP contribution in [0.1, 0.15) is 22.7 Å². The first kappa shape index (κ1) is 15.4. The number of hydrogen-bond acceptors (Lipinski definition) is 2. The van der Waals surface area contributed by atoms with Crippen LogP contribution in [0.3, 0.4) is 0 Å². The topological polar surface area (TPSA) is 32.3 Å². The number of anilines is 1. The average Bonchev–Trinajstić information content (AvgIpc) is 2.44. The number of benzene rings is 2. The highest BCUT2D eigenvalue weighted by Crippen LogP contribution is 2.31. The Hall–Kier alpha value is -2.01. The van der Waals surface area contributed by atoms with E-state index in [9.17, 15) is 18.3 Å². The Morgan fingerprint density at radius 2 is 1.81 bits per heavy atom. The second kappa shape index (κ2) is 6.18. The van der Waals surface area contributed by atoms with Crippen molar-refractivity contribution in [2.75, 3.05) is 11.9 Å². The second-order valence-electron chi connectivity index (χ2n) is 4.87. The minimum atomic E-state index is -4.39. The van der Waals surface area contributed by atoms with Gasteiger partial charge >= 0.3 is 6.18 Å².